The molecule has 3 aromatic rings. The summed E-state index contributed by atoms with van der Waals surface area (Å²) in [7, 11) is 0. The van der Waals surface area contributed by atoms with E-state index >= 15 is 0 Å². The molecule has 1 aromatic carbocycles. The molecule has 1 N–H and O–H groups in total. The molecule has 0 saturated carbocycles. The van der Waals surface area contributed by atoms with E-state index < -0.39 is 6.04 Å². The number of hydrogen-bond acceptors (Lipinski definition) is 6. The van der Waals surface area contributed by atoms with Gasteiger partial charge in [-0.2, -0.15) is 11.8 Å². The summed E-state index contributed by atoms with van der Waals surface area (Å²) >= 11 is 3.22. The fourth-order valence-corrected chi connectivity index (χ4v) is 4.70. The second kappa shape index (κ2) is 7.46. The Kier molecular flexibility index (Phi) is 4.89. The van der Waals surface area contributed by atoms with E-state index in [0.717, 1.165) is 16.0 Å². The lowest BCUT2D eigenvalue weighted by molar-refractivity contribution is -0.138. The minimum absolute atomic E-state index is 0.0738. The molecule has 2 aromatic heterocycles. The number of anilines is 1. The monoisotopic (exact) mass is 387 g/mol. The molecule has 3 heterocycles. The molecule has 1 aliphatic rings. The number of thioether (sulfide) groups is 1. The molecule has 1 unspecified atom stereocenters. The first-order valence-corrected chi connectivity index (χ1v) is 10.2. The highest BCUT2D eigenvalue weighted by atomic mass is 32.2. The van der Waals surface area contributed by atoms with Crippen LogP contribution in [0.4, 0.5) is 5.69 Å². The second-order valence-electron chi connectivity index (χ2n) is 5.91. The highest BCUT2D eigenvalue weighted by Gasteiger charge is 2.32. The van der Waals surface area contributed by atoms with Crippen molar-refractivity contribution in [1.82, 2.24) is 19.4 Å². The third-order valence-corrected chi connectivity index (χ3v) is 6.06. The zero-order chi connectivity index (χ0) is 17.9. The third kappa shape index (κ3) is 3.45. The Hall–Kier alpha value is -2.39. The summed E-state index contributed by atoms with van der Waals surface area (Å²) in [4.78, 5) is 35.5. The summed E-state index contributed by atoms with van der Waals surface area (Å²) in [6.07, 6.45) is 4.99. The van der Waals surface area contributed by atoms with Crippen LogP contribution in [0.3, 0.4) is 0 Å². The maximum Gasteiger partial charge on any atom is 0.248 e. The van der Waals surface area contributed by atoms with E-state index in [1.54, 1.807) is 45.5 Å². The molecule has 26 heavy (non-hydrogen) atoms. The zero-order valence-corrected chi connectivity index (χ0v) is 15.5. The van der Waals surface area contributed by atoms with Crippen molar-refractivity contribution in [2.24, 2.45) is 0 Å². The number of para-hydroxylation sites is 1. The number of amides is 2. The Morgan fingerprint density at radius 1 is 1.35 bits per heavy atom. The quantitative estimate of drug-likeness (QED) is 0.741. The molecule has 0 bridgehead atoms. The van der Waals surface area contributed by atoms with Gasteiger partial charge in [0, 0.05) is 30.4 Å². The van der Waals surface area contributed by atoms with Crippen molar-refractivity contribution in [3.63, 3.8) is 0 Å². The number of carbonyl (C=O) groups excluding carboxylic acids is 2. The predicted molar refractivity (Wildman–Crippen MR) is 103 cm³/mol. The van der Waals surface area contributed by atoms with Crippen LogP contribution in [0.2, 0.25) is 0 Å². The van der Waals surface area contributed by atoms with Gasteiger partial charge in [0.05, 0.1) is 22.2 Å². The number of hydrogen-bond donors (Lipinski definition) is 1. The molecule has 7 nitrogen and oxygen atoms in total. The molecule has 1 fully saturated rings. The van der Waals surface area contributed by atoms with Crippen LogP contribution in [0.5, 0.6) is 0 Å². The van der Waals surface area contributed by atoms with Gasteiger partial charge in [-0.3, -0.25) is 9.59 Å². The average Bonchev–Trinajstić information content (AvgIpc) is 3.33. The molecular formula is C17H17N5O2S2. The van der Waals surface area contributed by atoms with Crippen molar-refractivity contribution < 1.29 is 9.59 Å². The van der Waals surface area contributed by atoms with E-state index in [2.05, 4.69) is 15.3 Å². The van der Waals surface area contributed by atoms with Crippen LogP contribution < -0.4 is 5.32 Å². The Balaban J connectivity index is 1.51. The highest BCUT2D eigenvalue weighted by Crippen LogP contribution is 2.26. The van der Waals surface area contributed by atoms with Gasteiger partial charge in [-0.25, -0.2) is 9.97 Å². The number of nitrogens with zero attached hydrogens (tertiary/aromatic N) is 4. The molecule has 1 saturated heterocycles. The highest BCUT2D eigenvalue weighted by molar-refractivity contribution is 7.99. The van der Waals surface area contributed by atoms with Gasteiger partial charge in [0.1, 0.15) is 18.1 Å². The smallest absolute Gasteiger partial charge is 0.248 e. The number of carbonyl (C=O) groups is 2. The van der Waals surface area contributed by atoms with Crippen molar-refractivity contribution in [3.8, 4) is 0 Å². The van der Waals surface area contributed by atoms with Gasteiger partial charge in [0.25, 0.3) is 0 Å². The SMILES string of the molecule is O=C(Nc1cccc2scnc12)C1CSCCN1C(=O)Cn1ccnc1. The Labute approximate surface area is 158 Å². The number of nitrogens with one attached hydrogen (secondary N) is 1. The topological polar surface area (TPSA) is 80.1 Å². The lowest BCUT2D eigenvalue weighted by Crippen LogP contribution is -2.53. The number of benzene rings is 1. The fraction of sp³-hybridized carbons (Fsp3) is 0.294. The summed E-state index contributed by atoms with van der Waals surface area (Å²) in [5.74, 6) is 1.18. The van der Waals surface area contributed by atoms with Gasteiger partial charge in [-0.1, -0.05) is 6.07 Å². The minimum Gasteiger partial charge on any atom is -0.328 e. The Bertz CT molecular complexity index is 924. The van der Waals surface area contributed by atoms with E-state index in [1.165, 1.54) is 11.3 Å². The van der Waals surface area contributed by atoms with Gasteiger partial charge < -0.3 is 14.8 Å². The molecule has 0 radical (unpaired) electrons. The van der Waals surface area contributed by atoms with Crippen LogP contribution in [0, 0.1) is 0 Å². The summed E-state index contributed by atoms with van der Waals surface area (Å²) in [5.41, 5.74) is 3.23. The van der Waals surface area contributed by atoms with Crippen molar-refractivity contribution in [2.75, 3.05) is 23.4 Å². The number of thiazole rings is 1. The first-order valence-electron chi connectivity index (χ1n) is 8.18. The summed E-state index contributed by atoms with van der Waals surface area (Å²) in [6.45, 7) is 0.757. The van der Waals surface area contributed by atoms with Gasteiger partial charge in [-0.15, -0.1) is 11.3 Å². The maximum absolute atomic E-state index is 12.9. The molecule has 0 aliphatic carbocycles. The minimum atomic E-state index is -0.487. The van der Waals surface area contributed by atoms with E-state index in [-0.39, 0.29) is 18.4 Å². The molecule has 1 atom stereocenters. The Morgan fingerprint density at radius 3 is 3.12 bits per heavy atom. The summed E-state index contributed by atoms with van der Waals surface area (Å²) < 4.78 is 2.74. The van der Waals surface area contributed by atoms with Gasteiger partial charge in [0.2, 0.25) is 11.8 Å². The van der Waals surface area contributed by atoms with Crippen molar-refractivity contribution in [1.29, 1.82) is 0 Å². The van der Waals surface area contributed by atoms with Crippen molar-refractivity contribution >= 4 is 50.8 Å². The van der Waals surface area contributed by atoms with Crippen molar-refractivity contribution in [3.05, 3.63) is 42.4 Å². The molecule has 9 heteroatoms. The van der Waals surface area contributed by atoms with Gasteiger partial charge in [-0.05, 0) is 12.1 Å². The van der Waals surface area contributed by atoms with Gasteiger partial charge >= 0.3 is 0 Å². The van der Waals surface area contributed by atoms with E-state index in [0.29, 0.717) is 18.0 Å². The third-order valence-electron chi connectivity index (χ3n) is 4.25. The van der Waals surface area contributed by atoms with E-state index in [4.69, 9.17) is 0 Å². The number of rotatable bonds is 4. The first kappa shape index (κ1) is 17.0. The summed E-state index contributed by atoms with van der Waals surface area (Å²) in [6, 6.07) is 5.22. The lowest BCUT2D eigenvalue weighted by Gasteiger charge is -2.34. The molecule has 0 spiro atoms. The van der Waals surface area contributed by atoms with Crippen LogP contribution >= 0.6 is 23.1 Å². The molecule has 134 valence electrons. The standard InChI is InChI=1S/C17H17N5O2S2/c23-15(8-21-5-4-18-10-21)22-6-7-25-9-13(22)17(24)20-12-2-1-3-14-16(12)19-11-26-14/h1-5,10-11,13H,6-9H2,(H,20,24). The van der Waals surface area contributed by atoms with Crippen molar-refractivity contribution in [2.45, 2.75) is 12.6 Å². The molecule has 1 aliphatic heterocycles. The largest absolute Gasteiger partial charge is 0.328 e. The number of imidazole rings is 1. The molecular weight excluding hydrogens is 370 g/mol. The van der Waals surface area contributed by atoms with E-state index in [9.17, 15) is 9.59 Å². The predicted octanol–water partition coefficient (Wildman–Crippen LogP) is 2.08. The fourth-order valence-electron chi connectivity index (χ4n) is 2.95. The molecule has 2 amide bonds. The first-order chi connectivity index (χ1) is 12.7. The van der Waals surface area contributed by atoms with Crippen LogP contribution in [0.1, 0.15) is 0 Å². The molecule has 4 rings (SSSR count). The second-order valence-corrected chi connectivity index (χ2v) is 7.94. The average molecular weight is 387 g/mol. The zero-order valence-electron chi connectivity index (χ0n) is 13.9. The van der Waals surface area contributed by atoms with Gasteiger partial charge in [0.15, 0.2) is 0 Å². The van der Waals surface area contributed by atoms with Crippen LogP contribution in [-0.4, -0.2) is 55.3 Å². The number of aromatic nitrogens is 3. The summed E-state index contributed by atoms with van der Waals surface area (Å²) in [5, 5.41) is 2.96. The number of fused-ring (bicyclic) bond motifs is 1. The maximum atomic E-state index is 12.9. The normalized spacial score (nSPS) is 17.4. The van der Waals surface area contributed by atoms with Crippen LogP contribution in [0.25, 0.3) is 10.2 Å². The van der Waals surface area contributed by atoms with Crippen LogP contribution in [-0.2, 0) is 16.1 Å². The van der Waals surface area contributed by atoms with E-state index in [1.807, 2.05) is 18.2 Å². The Morgan fingerprint density at radius 2 is 2.27 bits per heavy atom. The van der Waals surface area contributed by atoms with Crippen LogP contribution in [0.15, 0.2) is 42.4 Å². The lowest BCUT2D eigenvalue weighted by atomic mass is 10.2.